The predicted molar refractivity (Wildman–Crippen MR) is 63.3 cm³/mol. The summed E-state index contributed by atoms with van der Waals surface area (Å²) >= 11 is 0. The van der Waals surface area contributed by atoms with Crippen LogP contribution in [0.15, 0.2) is 24.3 Å². The van der Waals surface area contributed by atoms with Gasteiger partial charge in [0, 0.05) is 6.54 Å². The molecule has 1 aliphatic heterocycles. The quantitative estimate of drug-likeness (QED) is 0.846. The molecular formula is C13H16F3NO2. The van der Waals surface area contributed by atoms with Crippen molar-refractivity contribution >= 4 is 0 Å². The van der Waals surface area contributed by atoms with E-state index in [4.69, 9.17) is 9.57 Å². The molecule has 1 aliphatic rings. The van der Waals surface area contributed by atoms with Gasteiger partial charge in [-0.15, -0.1) is 0 Å². The first-order valence-electron chi connectivity index (χ1n) is 6.17. The van der Waals surface area contributed by atoms with Crippen LogP contribution in [-0.2, 0) is 15.8 Å². The summed E-state index contributed by atoms with van der Waals surface area (Å²) in [6.45, 7) is 3.74. The van der Waals surface area contributed by atoms with E-state index in [2.05, 4.69) is 0 Å². The van der Waals surface area contributed by atoms with Crippen LogP contribution >= 0.6 is 0 Å². The van der Waals surface area contributed by atoms with Crippen molar-refractivity contribution in [3.8, 4) is 0 Å². The number of halogens is 3. The van der Waals surface area contributed by atoms with E-state index in [-0.39, 0.29) is 6.04 Å². The first-order chi connectivity index (χ1) is 9.02. The van der Waals surface area contributed by atoms with Gasteiger partial charge in [-0.1, -0.05) is 12.1 Å². The van der Waals surface area contributed by atoms with Crippen LogP contribution in [0.4, 0.5) is 13.2 Å². The van der Waals surface area contributed by atoms with E-state index in [1.807, 2.05) is 6.92 Å². The maximum atomic E-state index is 12.7. The van der Waals surface area contributed by atoms with E-state index in [1.54, 1.807) is 11.1 Å². The number of ether oxygens (including phenoxy) is 1. The Morgan fingerprint density at radius 1 is 1.42 bits per heavy atom. The molecule has 1 heterocycles. The van der Waals surface area contributed by atoms with Crippen LogP contribution in [0, 0.1) is 0 Å². The van der Waals surface area contributed by atoms with Crippen molar-refractivity contribution in [1.82, 2.24) is 5.06 Å². The molecule has 1 saturated heterocycles. The molecule has 0 aliphatic carbocycles. The Morgan fingerprint density at radius 3 is 2.89 bits per heavy atom. The molecule has 1 aromatic rings. The SMILES string of the molecule is CCON1CCOC[C@H]1c1cccc(C(F)(F)F)c1. The highest BCUT2D eigenvalue weighted by molar-refractivity contribution is 5.28. The van der Waals surface area contributed by atoms with E-state index in [0.29, 0.717) is 31.9 Å². The van der Waals surface area contributed by atoms with Gasteiger partial charge in [0.15, 0.2) is 0 Å². The highest BCUT2D eigenvalue weighted by atomic mass is 19.4. The Hall–Kier alpha value is -1.11. The minimum absolute atomic E-state index is 0.295. The van der Waals surface area contributed by atoms with E-state index < -0.39 is 11.7 Å². The Labute approximate surface area is 109 Å². The van der Waals surface area contributed by atoms with Crippen LogP contribution in [0.25, 0.3) is 0 Å². The Bertz CT molecular complexity index is 421. The molecule has 106 valence electrons. The maximum Gasteiger partial charge on any atom is 0.416 e. The summed E-state index contributed by atoms with van der Waals surface area (Å²) in [5, 5.41) is 1.69. The lowest BCUT2D eigenvalue weighted by atomic mass is 10.0. The highest BCUT2D eigenvalue weighted by Crippen LogP contribution is 2.32. The number of hydrogen-bond acceptors (Lipinski definition) is 3. The Kier molecular flexibility index (Phi) is 4.44. The molecule has 0 spiro atoms. The summed E-state index contributed by atoms with van der Waals surface area (Å²) < 4.78 is 43.4. The van der Waals surface area contributed by atoms with Gasteiger partial charge >= 0.3 is 6.18 Å². The molecule has 0 saturated carbocycles. The van der Waals surface area contributed by atoms with Gasteiger partial charge in [0.1, 0.15) is 0 Å². The lowest BCUT2D eigenvalue weighted by molar-refractivity contribution is -0.224. The van der Waals surface area contributed by atoms with Gasteiger partial charge in [0.2, 0.25) is 0 Å². The molecule has 0 aromatic heterocycles. The summed E-state index contributed by atoms with van der Waals surface area (Å²) in [7, 11) is 0. The average molecular weight is 275 g/mol. The summed E-state index contributed by atoms with van der Waals surface area (Å²) in [6, 6.07) is 5.01. The van der Waals surface area contributed by atoms with Gasteiger partial charge in [0.05, 0.1) is 31.4 Å². The molecule has 1 fully saturated rings. The van der Waals surface area contributed by atoms with Crippen LogP contribution in [0.5, 0.6) is 0 Å². The number of morpholine rings is 1. The first kappa shape index (κ1) is 14.3. The second kappa shape index (κ2) is 5.90. The third-order valence-electron chi connectivity index (χ3n) is 2.97. The van der Waals surface area contributed by atoms with Crippen LogP contribution in [0.2, 0.25) is 0 Å². The maximum absolute atomic E-state index is 12.7. The summed E-state index contributed by atoms with van der Waals surface area (Å²) in [5.74, 6) is 0. The molecule has 0 radical (unpaired) electrons. The fraction of sp³-hybridized carbons (Fsp3) is 0.538. The number of benzene rings is 1. The smallest absolute Gasteiger partial charge is 0.378 e. The monoisotopic (exact) mass is 275 g/mol. The summed E-state index contributed by atoms with van der Waals surface area (Å²) in [4.78, 5) is 5.45. The van der Waals surface area contributed by atoms with E-state index in [0.717, 1.165) is 12.1 Å². The van der Waals surface area contributed by atoms with Crippen molar-refractivity contribution in [1.29, 1.82) is 0 Å². The van der Waals surface area contributed by atoms with Gasteiger partial charge in [-0.05, 0) is 24.6 Å². The molecule has 1 atom stereocenters. The number of rotatable bonds is 3. The van der Waals surface area contributed by atoms with Crippen molar-refractivity contribution in [2.45, 2.75) is 19.1 Å². The lowest BCUT2D eigenvalue weighted by Gasteiger charge is -2.34. The van der Waals surface area contributed by atoms with Gasteiger partial charge in [0.25, 0.3) is 0 Å². The number of nitrogens with zero attached hydrogens (tertiary/aromatic N) is 1. The molecule has 1 aromatic carbocycles. The Morgan fingerprint density at radius 2 is 2.21 bits per heavy atom. The second-order valence-electron chi connectivity index (χ2n) is 4.27. The molecule has 19 heavy (non-hydrogen) atoms. The molecule has 2 rings (SSSR count). The van der Waals surface area contributed by atoms with Crippen molar-refractivity contribution in [2.24, 2.45) is 0 Å². The molecule has 3 nitrogen and oxygen atoms in total. The van der Waals surface area contributed by atoms with Gasteiger partial charge in [-0.2, -0.15) is 18.2 Å². The van der Waals surface area contributed by atoms with E-state index in [1.165, 1.54) is 6.07 Å². The fourth-order valence-corrected chi connectivity index (χ4v) is 2.09. The zero-order chi connectivity index (χ0) is 13.9. The predicted octanol–water partition coefficient (Wildman–Crippen LogP) is 3.03. The lowest BCUT2D eigenvalue weighted by Crippen LogP contribution is -2.39. The zero-order valence-corrected chi connectivity index (χ0v) is 10.6. The minimum atomic E-state index is -4.33. The summed E-state index contributed by atoms with van der Waals surface area (Å²) in [5.41, 5.74) is -0.0880. The van der Waals surface area contributed by atoms with Crippen LogP contribution in [0.3, 0.4) is 0 Å². The molecule has 0 N–H and O–H groups in total. The van der Waals surface area contributed by atoms with Crippen molar-refractivity contribution in [3.63, 3.8) is 0 Å². The Balaban J connectivity index is 2.24. The number of alkyl halides is 3. The molecule has 6 heteroatoms. The topological polar surface area (TPSA) is 21.7 Å². The van der Waals surface area contributed by atoms with Crippen LogP contribution < -0.4 is 0 Å². The standard InChI is InChI=1S/C13H16F3NO2/c1-2-19-17-6-7-18-9-12(17)10-4-3-5-11(8-10)13(14,15)16/h3-5,8,12H,2,6-7,9H2,1H3/t12-/m0/s1. The third kappa shape index (κ3) is 3.46. The molecule has 0 unspecified atom stereocenters. The summed E-state index contributed by atoms with van der Waals surface area (Å²) in [6.07, 6.45) is -4.33. The van der Waals surface area contributed by atoms with Crippen molar-refractivity contribution in [3.05, 3.63) is 35.4 Å². The average Bonchev–Trinajstić information content (AvgIpc) is 2.39. The van der Waals surface area contributed by atoms with Gasteiger partial charge in [-0.3, -0.25) is 4.84 Å². The molecule has 0 bridgehead atoms. The van der Waals surface area contributed by atoms with Crippen LogP contribution in [0.1, 0.15) is 24.1 Å². The number of hydrogen-bond donors (Lipinski definition) is 0. The van der Waals surface area contributed by atoms with Crippen LogP contribution in [-0.4, -0.2) is 31.4 Å². The molecular weight excluding hydrogens is 259 g/mol. The van der Waals surface area contributed by atoms with Crippen molar-refractivity contribution in [2.75, 3.05) is 26.4 Å². The molecule has 0 amide bonds. The normalized spacial score (nSPS) is 21.6. The van der Waals surface area contributed by atoms with E-state index >= 15 is 0 Å². The van der Waals surface area contributed by atoms with Gasteiger partial charge < -0.3 is 4.74 Å². The fourth-order valence-electron chi connectivity index (χ4n) is 2.09. The minimum Gasteiger partial charge on any atom is -0.378 e. The largest absolute Gasteiger partial charge is 0.416 e. The second-order valence-corrected chi connectivity index (χ2v) is 4.27. The van der Waals surface area contributed by atoms with E-state index in [9.17, 15) is 13.2 Å². The number of hydroxylamine groups is 2. The first-order valence-corrected chi connectivity index (χ1v) is 6.17. The van der Waals surface area contributed by atoms with Crippen molar-refractivity contribution < 1.29 is 22.7 Å². The highest BCUT2D eigenvalue weighted by Gasteiger charge is 2.32. The van der Waals surface area contributed by atoms with Gasteiger partial charge in [-0.25, -0.2) is 0 Å². The third-order valence-corrected chi connectivity index (χ3v) is 2.97. The zero-order valence-electron chi connectivity index (χ0n) is 10.6.